The number of rotatable bonds is 4. The van der Waals surface area contributed by atoms with Gasteiger partial charge in [-0.3, -0.25) is 14.6 Å². The van der Waals surface area contributed by atoms with E-state index >= 15 is 0 Å². The van der Waals surface area contributed by atoms with Crippen LogP contribution in [-0.2, 0) is 6.54 Å². The van der Waals surface area contributed by atoms with Gasteiger partial charge in [0.15, 0.2) is 0 Å². The number of nitrogens with one attached hydrogen (secondary N) is 1. The Bertz CT molecular complexity index is 656. The van der Waals surface area contributed by atoms with Crippen molar-refractivity contribution in [3.63, 3.8) is 0 Å². The molecular weight excluding hydrogens is 306 g/mol. The minimum atomic E-state index is -0.0274. The van der Waals surface area contributed by atoms with Crippen molar-refractivity contribution in [2.45, 2.75) is 12.6 Å². The lowest BCUT2D eigenvalue weighted by Crippen LogP contribution is -2.46. The van der Waals surface area contributed by atoms with Crippen molar-refractivity contribution >= 4 is 17.2 Å². The van der Waals surface area contributed by atoms with Gasteiger partial charge in [0.1, 0.15) is 0 Å². The molecule has 5 heteroatoms. The van der Waals surface area contributed by atoms with Crippen LogP contribution in [0.2, 0.25) is 0 Å². The van der Waals surface area contributed by atoms with Crippen LogP contribution in [0.25, 0.3) is 0 Å². The zero-order valence-electron chi connectivity index (χ0n) is 13.7. The monoisotopic (exact) mass is 329 g/mol. The van der Waals surface area contributed by atoms with Crippen LogP contribution < -0.4 is 5.32 Å². The third-order valence-corrected chi connectivity index (χ3v) is 5.21. The smallest absolute Gasteiger partial charge is 0.251 e. The molecule has 0 radical (unpaired) electrons. The van der Waals surface area contributed by atoms with Crippen LogP contribution in [0.1, 0.15) is 27.5 Å². The summed E-state index contributed by atoms with van der Waals surface area (Å²) in [7, 11) is 3.84. The number of amides is 1. The number of carbonyl (C=O) groups is 1. The maximum atomic E-state index is 11.9. The second-order valence-electron chi connectivity index (χ2n) is 6.07. The predicted octanol–water partition coefficient (Wildman–Crippen LogP) is 2.60. The molecule has 1 amide bonds. The summed E-state index contributed by atoms with van der Waals surface area (Å²) in [5, 5.41) is 7.06. The van der Waals surface area contributed by atoms with Crippen LogP contribution in [0.5, 0.6) is 0 Å². The van der Waals surface area contributed by atoms with E-state index < -0.39 is 0 Å². The Hall–Kier alpha value is -1.69. The molecule has 3 rings (SSSR count). The van der Waals surface area contributed by atoms with Crippen LogP contribution in [0.4, 0.5) is 0 Å². The second-order valence-corrected chi connectivity index (χ2v) is 6.85. The molecule has 1 fully saturated rings. The molecule has 0 bridgehead atoms. The first kappa shape index (κ1) is 16.2. The summed E-state index contributed by atoms with van der Waals surface area (Å²) in [6.07, 6.45) is 0. The van der Waals surface area contributed by atoms with Gasteiger partial charge in [-0.05, 0) is 47.1 Å². The molecule has 0 saturated carbocycles. The number of hydrogen-bond donors (Lipinski definition) is 1. The molecule has 1 aliphatic rings. The van der Waals surface area contributed by atoms with Crippen molar-refractivity contribution in [3.05, 3.63) is 57.8 Å². The Morgan fingerprint density at radius 2 is 2.22 bits per heavy atom. The van der Waals surface area contributed by atoms with E-state index in [4.69, 9.17) is 0 Å². The van der Waals surface area contributed by atoms with Crippen molar-refractivity contribution < 1.29 is 4.79 Å². The van der Waals surface area contributed by atoms with E-state index in [-0.39, 0.29) is 5.91 Å². The van der Waals surface area contributed by atoms with Crippen LogP contribution >= 0.6 is 11.3 Å². The molecule has 0 unspecified atom stereocenters. The van der Waals surface area contributed by atoms with E-state index in [9.17, 15) is 4.79 Å². The SMILES string of the molecule is CNC(=O)c1cccc([C@H]2CN(Cc3ccsc3)CCN2C)c1. The van der Waals surface area contributed by atoms with Crippen LogP contribution in [0.15, 0.2) is 41.1 Å². The minimum Gasteiger partial charge on any atom is -0.355 e. The third kappa shape index (κ3) is 3.80. The Morgan fingerprint density at radius 1 is 1.35 bits per heavy atom. The van der Waals surface area contributed by atoms with E-state index in [1.54, 1.807) is 18.4 Å². The number of likely N-dealkylation sites (N-methyl/N-ethyl adjacent to an activating group) is 1. The first-order valence-electron chi connectivity index (χ1n) is 7.93. The van der Waals surface area contributed by atoms with Gasteiger partial charge in [-0.2, -0.15) is 11.3 Å². The maximum Gasteiger partial charge on any atom is 0.251 e. The van der Waals surface area contributed by atoms with Crippen LogP contribution in [0.3, 0.4) is 0 Å². The summed E-state index contributed by atoms with van der Waals surface area (Å²) in [6, 6.07) is 10.5. The first-order chi connectivity index (χ1) is 11.2. The minimum absolute atomic E-state index is 0.0274. The van der Waals surface area contributed by atoms with Gasteiger partial charge in [0.05, 0.1) is 0 Å². The van der Waals surface area contributed by atoms with E-state index in [0.717, 1.165) is 31.7 Å². The Labute approximate surface area is 141 Å². The van der Waals surface area contributed by atoms with E-state index in [0.29, 0.717) is 6.04 Å². The molecule has 1 aromatic heterocycles. The van der Waals surface area contributed by atoms with E-state index in [1.165, 1.54) is 11.1 Å². The van der Waals surface area contributed by atoms with Crippen molar-refractivity contribution in [1.82, 2.24) is 15.1 Å². The average Bonchev–Trinajstić information content (AvgIpc) is 3.09. The highest BCUT2D eigenvalue weighted by Crippen LogP contribution is 2.26. The second kappa shape index (κ2) is 7.25. The summed E-state index contributed by atoms with van der Waals surface area (Å²) in [5.74, 6) is -0.0274. The molecule has 1 atom stereocenters. The molecular formula is C18H23N3OS. The molecule has 2 aromatic rings. The fourth-order valence-corrected chi connectivity index (χ4v) is 3.77. The number of thiophene rings is 1. The topological polar surface area (TPSA) is 35.6 Å². The largest absolute Gasteiger partial charge is 0.355 e. The van der Waals surface area contributed by atoms with Gasteiger partial charge in [0, 0.05) is 44.8 Å². The van der Waals surface area contributed by atoms with Gasteiger partial charge in [0.2, 0.25) is 0 Å². The lowest BCUT2D eigenvalue weighted by atomic mass is 10.00. The van der Waals surface area contributed by atoms with Crippen molar-refractivity contribution in [2.75, 3.05) is 33.7 Å². The molecule has 23 heavy (non-hydrogen) atoms. The number of piperazine rings is 1. The Morgan fingerprint density at radius 3 is 2.96 bits per heavy atom. The predicted molar refractivity (Wildman–Crippen MR) is 94.8 cm³/mol. The fourth-order valence-electron chi connectivity index (χ4n) is 3.11. The van der Waals surface area contributed by atoms with Gasteiger partial charge in [-0.1, -0.05) is 12.1 Å². The van der Waals surface area contributed by atoms with Gasteiger partial charge in [0.25, 0.3) is 5.91 Å². The molecule has 122 valence electrons. The summed E-state index contributed by atoms with van der Waals surface area (Å²) in [5.41, 5.74) is 3.33. The first-order valence-corrected chi connectivity index (χ1v) is 8.87. The van der Waals surface area contributed by atoms with Gasteiger partial charge in [-0.15, -0.1) is 0 Å². The van der Waals surface area contributed by atoms with Crippen LogP contribution in [-0.4, -0.2) is 49.4 Å². The Balaban J connectivity index is 1.76. The molecule has 0 spiro atoms. The highest BCUT2D eigenvalue weighted by molar-refractivity contribution is 7.07. The summed E-state index contributed by atoms with van der Waals surface area (Å²) < 4.78 is 0. The lowest BCUT2D eigenvalue weighted by molar-refractivity contribution is 0.0902. The highest BCUT2D eigenvalue weighted by Gasteiger charge is 2.26. The zero-order chi connectivity index (χ0) is 16.2. The van der Waals surface area contributed by atoms with Gasteiger partial charge < -0.3 is 5.32 Å². The van der Waals surface area contributed by atoms with Crippen molar-refractivity contribution in [1.29, 1.82) is 0 Å². The summed E-state index contributed by atoms with van der Waals surface area (Å²) in [6.45, 7) is 4.11. The number of hydrogen-bond acceptors (Lipinski definition) is 4. The molecule has 1 N–H and O–H groups in total. The third-order valence-electron chi connectivity index (χ3n) is 4.48. The zero-order valence-corrected chi connectivity index (χ0v) is 14.5. The highest BCUT2D eigenvalue weighted by atomic mass is 32.1. The van der Waals surface area contributed by atoms with Crippen LogP contribution in [0, 0.1) is 0 Å². The standard InChI is InChI=1S/C18H23N3OS/c1-19-18(22)16-5-3-4-15(10-16)17-12-21(8-7-20(17)2)11-14-6-9-23-13-14/h3-6,9-10,13,17H,7-8,11-12H2,1-2H3,(H,19,22)/t17-/m1/s1. The normalized spacial score (nSPS) is 19.7. The number of carbonyl (C=O) groups excluding carboxylic acids is 1. The van der Waals surface area contributed by atoms with Crippen molar-refractivity contribution in [3.8, 4) is 0 Å². The summed E-state index contributed by atoms with van der Waals surface area (Å²) in [4.78, 5) is 16.8. The van der Waals surface area contributed by atoms with E-state index in [1.807, 2.05) is 18.2 Å². The maximum absolute atomic E-state index is 11.9. The molecule has 1 aromatic carbocycles. The van der Waals surface area contributed by atoms with Gasteiger partial charge >= 0.3 is 0 Å². The quantitative estimate of drug-likeness (QED) is 0.936. The molecule has 0 aliphatic carbocycles. The lowest BCUT2D eigenvalue weighted by Gasteiger charge is -2.39. The molecule has 2 heterocycles. The number of benzene rings is 1. The molecule has 4 nitrogen and oxygen atoms in total. The number of nitrogens with zero attached hydrogens (tertiary/aromatic N) is 2. The molecule has 1 aliphatic heterocycles. The molecule has 1 saturated heterocycles. The fraction of sp³-hybridized carbons (Fsp3) is 0.389. The van der Waals surface area contributed by atoms with Crippen molar-refractivity contribution in [2.24, 2.45) is 0 Å². The van der Waals surface area contributed by atoms with E-state index in [2.05, 4.69) is 45.1 Å². The Kier molecular flexibility index (Phi) is 5.10. The van der Waals surface area contributed by atoms with Gasteiger partial charge in [-0.25, -0.2) is 0 Å². The average molecular weight is 329 g/mol. The summed E-state index contributed by atoms with van der Waals surface area (Å²) >= 11 is 1.75.